The van der Waals surface area contributed by atoms with Gasteiger partial charge in [0.2, 0.25) is 5.91 Å². The van der Waals surface area contributed by atoms with Gasteiger partial charge in [0.15, 0.2) is 0 Å². The van der Waals surface area contributed by atoms with Crippen molar-refractivity contribution in [3.8, 4) is 5.75 Å². The fourth-order valence-electron chi connectivity index (χ4n) is 1.32. The third kappa shape index (κ3) is 3.21. The molecule has 0 aromatic heterocycles. The molecule has 98 valence electrons. The molecule has 1 aromatic rings. The Kier molecular flexibility index (Phi) is 4.67. The van der Waals surface area contributed by atoms with Crippen LogP contribution >= 0.6 is 0 Å². The van der Waals surface area contributed by atoms with Crippen LogP contribution in [0, 0.1) is 5.92 Å². The molecular formula is C12H16N2O4. The Morgan fingerprint density at radius 2 is 2.17 bits per heavy atom. The van der Waals surface area contributed by atoms with Gasteiger partial charge < -0.3 is 20.9 Å². The van der Waals surface area contributed by atoms with Gasteiger partial charge >= 0.3 is 5.97 Å². The molecule has 0 aliphatic carbocycles. The zero-order valence-electron chi connectivity index (χ0n) is 10.3. The van der Waals surface area contributed by atoms with Crippen molar-refractivity contribution in [3.63, 3.8) is 0 Å². The van der Waals surface area contributed by atoms with E-state index in [4.69, 9.17) is 15.6 Å². The lowest BCUT2D eigenvalue weighted by Crippen LogP contribution is -2.26. The summed E-state index contributed by atoms with van der Waals surface area (Å²) in [6, 6.07) is 4.35. The summed E-state index contributed by atoms with van der Waals surface area (Å²) in [7, 11) is 1.37. The summed E-state index contributed by atoms with van der Waals surface area (Å²) in [6.07, 6.45) is 0. The molecule has 0 heterocycles. The molecule has 0 aliphatic rings. The molecule has 6 nitrogen and oxygen atoms in total. The summed E-state index contributed by atoms with van der Waals surface area (Å²) in [4.78, 5) is 22.5. The summed E-state index contributed by atoms with van der Waals surface area (Å²) in [6.45, 7) is 1.95. The van der Waals surface area contributed by atoms with Gasteiger partial charge in [-0.1, -0.05) is 6.92 Å². The summed E-state index contributed by atoms with van der Waals surface area (Å²) >= 11 is 0. The minimum Gasteiger partial charge on any atom is -0.496 e. The van der Waals surface area contributed by atoms with Gasteiger partial charge in [-0.2, -0.15) is 0 Å². The van der Waals surface area contributed by atoms with Gasteiger partial charge in [-0.05, 0) is 12.1 Å². The van der Waals surface area contributed by atoms with Gasteiger partial charge in [-0.15, -0.1) is 0 Å². The highest BCUT2D eigenvalue weighted by molar-refractivity contribution is 5.95. The van der Waals surface area contributed by atoms with E-state index in [-0.39, 0.29) is 29.7 Å². The molecule has 0 aliphatic heterocycles. The molecule has 1 rings (SSSR count). The van der Waals surface area contributed by atoms with Gasteiger partial charge in [-0.25, -0.2) is 4.79 Å². The van der Waals surface area contributed by atoms with Gasteiger partial charge in [-0.3, -0.25) is 4.79 Å². The maximum Gasteiger partial charge on any atom is 0.339 e. The first-order valence-corrected chi connectivity index (χ1v) is 5.41. The van der Waals surface area contributed by atoms with Crippen LogP contribution in [0.4, 0.5) is 5.69 Å². The molecule has 1 atom stereocenters. The van der Waals surface area contributed by atoms with Gasteiger partial charge in [0.05, 0.1) is 7.11 Å². The lowest BCUT2D eigenvalue weighted by atomic mass is 10.1. The number of aromatic carboxylic acids is 1. The van der Waals surface area contributed by atoms with Crippen molar-refractivity contribution in [2.75, 3.05) is 19.0 Å². The van der Waals surface area contributed by atoms with Crippen LogP contribution in [0.15, 0.2) is 18.2 Å². The average molecular weight is 252 g/mol. The quantitative estimate of drug-likeness (QED) is 0.723. The number of nitrogens with two attached hydrogens (primary N) is 1. The van der Waals surface area contributed by atoms with Crippen LogP contribution in [0.2, 0.25) is 0 Å². The lowest BCUT2D eigenvalue weighted by Gasteiger charge is -2.12. The Balaban J connectivity index is 2.92. The number of rotatable bonds is 5. The van der Waals surface area contributed by atoms with E-state index in [1.807, 2.05) is 0 Å². The topological polar surface area (TPSA) is 102 Å². The fourth-order valence-corrected chi connectivity index (χ4v) is 1.32. The number of anilines is 1. The predicted molar refractivity (Wildman–Crippen MR) is 66.8 cm³/mol. The number of nitrogens with one attached hydrogen (secondary N) is 1. The zero-order chi connectivity index (χ0) is 13.7. The predicted octanol–water partition coefficient (Wildman–Crippen LogP) is 0.927. The van der Waals surface area contributed by atoms with Crippen LogP contribution in [0.3, 0.4) is 0 Å². The Morgan fingerprint density at radius 3 is 2.67 bits per heavy atom. The second-order valence-corrected chi connectivity index (χ2v) is 3.85. The van der Waals surface area contributed by atoms with Crippen molar-refractivity contribution in [1.29, 1.82) is 0 Å². The number of methoxy groups -OCH3 is 1. The number of carboxylic acid groups (broad SMARTS) is 1. The number of carbonyl (C=O) groups is 2. The molecule has 1 aromatic carbocycles. The molecule has 0 saturated heterocycles. The Labute approximate surface area is 105 Å². The first-order chi connectivity index (χ1) is 8.49. The van der Waals surface area contributed by atoms with Gasteiger partial charge in [0, 0.05) is 24.2 Å². The molecule has 18 heavy (non-hydrogen) atoms. The van der Waals surface area contributed by atoms with Crippen LogP contribution in [-0.2, 0) is 4.79 Å². The van der Waals surface area contributed by atoms with E-state index in [1.165, 1.54) is 25.3 Å². The smallest absolute Gasteiger partial charge is 0.339 e. The average Bonchev–Trinajstić information content (AvgIpc) is 2.37. The molecule has 6 heteroatoms. The number of amides is 1. The molecule has 4 N–H and O–H groups in total. The molecule has 0 radical (unpaired) electrons. The zero-order valence-corrected chi connectivity index (χ0v) is 10.3. The van der Waals surface area contributed by atoms with E-state index in [0.29, 0.717) is 5.69 Å². The Bertz CT molecular complexity index is 459. The summed E-state index contributed by atoms with van der Waals surface area (Å²) < 4.78 is 4.96. The third-order valence-corrected chi connectivity index (χ3v) is 2.50. The first-order valence-electron chi connectivity index (χ1n) is 5.41. The van der Waals surface area contributed by atoms with Crippen molar-refractivity contribution in [2.45, 2.75) is 6.92 Å². The second-order valence-electron chi connectivity index (χ2n) is 3.85. The van der Waals surface area contributed by atoms with E-state index in [1.54, 1.807) is 6.92 Å². The number of carbonyl (C=O) groups excluding carboxylic acids is 1. The van der Waals surface area contributed by atoms with Gasteiger partial charge in [0.1, 0.15) is 11.3 Å². The number of hydrogen-bond donors (Lipinski definition) is 3. The van der Waals surface area contributed by atoms with Crippen molar-refractivity contribution in [3.05, 3.63) is 23.8 Å². The largest absolute Gasteiger partial charge is 0.496 e. The van der Waals surface area contributed by atoms with Crippen LogP contribution < -0.4 is 15.8 Å². The maximum absolute atomic E-state index is 11.6. The summed E-state index contributed by atoms with van der Waals surface area (Å²) in [5, 5.41) is 11.6. The number of hydrogen-bond acceptors (Lipinski definition) is 4. The number of carboxylic acids is 1. The van der Waals surface area contributed by atoms with E-state index < -0.39 is 5.97 Å². The van der Waals surface area contributed by atoms with E-state index >= 15 is 0 Å². The first kappa shape index (κ1) is 14.0. The summed E-state index contributed by atoms with van der Waals surface area (Å²) in [5.41, 5.74) is 5.90. The number of benzene rings is 1. The minimum atomic E-state index is -1.08. The Hall–Kier alpha value is -2.08. The van der Waals surface area contributed by atoms with Crippen molar-refractivity contribution < 1.29 is 19.4 Å². The molecule has 1 amide bonds. The Morgan fingerprint density at radius 1 is 1.50 bits per heavy atom. The highest BCUT2D eigenvalue weighted by Gasteiger charge is 2.14. The third-order valence-electron chi connectivity index (χ3n) is 2.50. The van der Waals surface area contributed by atoms with Crippen LogP contribution in [0.1, 0.15) is 17.3 Å². The van der Waals surface area contributed by atoms with Gasteiger partial charge in [0.25, 0.3) is 0 Å². The van der Waals surface area contributed by atoms with Crippen LogP contribution in [-0.4, -0.2) is 30.6 Å². The highest BCUT2D eigenvalue weighted by atomic mass is 16.5. The van der Waals surface area contributed by atoms with Crippen molar-refractivity contribution in [2.24, 2.45) is 11.7 Å². The van der Waals surface area contributed by atoms with E-state index in [9.17, 15) is 9.59 Å². The molecule has 1 unspecified atom stereocenters. The standard InChI is InChI=1S/C12H16N2O4/c1-7(6-13)11(15)14-8-3-4-9(12(16)17)10(5-8)18-2/h3-5,7H,6,13H2,1-2H3,(H,14,15)(H,16,17). The maximum atomic E-state index is 11.6. The second kappa shape index (κ2) is 6.02. The lowest BCUT2D eigenvalue weighted by molar-refractivity contribution is -0.119. The monoisotopic (exact) mass is 252 g/mol. The SMILES string of the molecule is COc1cc(NC(=O)C(C)CN)ccc1C(=O)O. The molecule has 0 saturated carbocycles. The van der Waals surface area contributed by atoms with Crippen LogP contribution in [0.25, 0.3) is 0 Å². The van der Waals surface area contributed by atoms with E-state index in [2.05, 4.69) is 5.32 Å². The molecule has 0 fully saturated rings. The fraction of sp³-hybridized carbons (Fsp3) is 0.333. The normalized spacial score (nSPS) is 11.7. The molecule has 0 spiro atoms. The molecule has 0 bridgehead atoms. The van der Waals surface area contributed by atoms with Crippen LogP contribution in [0.5, 0.6) is 5.75 Å². The minimum absolute atomic E-state index is 0.0439. The molecular weight excluding hydrogens is 236 g/mol. The van der Waals surface area contributed by atoms with E-state index in [0.717, 1.165) is 0 Å². The summed E-state index contributed by atoms with van der Waals surface area (Å²) in [5.74, 6) is -1.42. The highest BCUT2D eigenvalue weighted by Crippen LogP contribution is 2.23. The van der Waals surface area contributed by atoms with Crippen molar-refractivity contribution in [1.82, 2.24) is 0 Å². The van der Waals surface area contributed by atoms with Crippen molar-refractivity contribution >= 4 is 17.6 Å². The number of ether oxygens (including phenoxy) is 1.